The van der Waals surface area contributed by atoms with E-state index in [1.165, 1.54) is 6.39 Å². The van der Waals surface area contributed by atoms with E-state index in [9.17, 15) is 9.90 Å². The Morgan fingerprint density at radius 2 is 2.25 bits per heavy atom. The number of aliphatic carboxylic acids is 1. The van der Waals surface area contributed by atoms with Gasteiger partial charge in [0.05, 0.1) is 11.6 Å². The summed E-state index contributed by atoms with van der Waals surface area (Å²) in [6.45, 7) is 8.84. The topological polar surface area (TPSA) is 75.4 Å². The van der Waals surface area contributed by atoms with Gasteiger partial charge in [0.25, 0.3) is 0 Å². The summed E-state index contributed by atoms with van der Waals surface area (Å²) < 4.78 is 5.19. The fourth-order valence-corrected chi connectivity index (χ4v) is 3.25. The highest BCUT2D eigenvalue weighted by Crippen LogP contribution is 2.45. The molecule has 3 unspecified atom stereocenters. The third-order valence-electron chi connectivity index (χ3n) is 5.12. The molecule has 1 saturated carbocycles. The van der Waals surface area contributed by atoms with Crippen LogP contribution in [-0.4, -0.2) is 22.1 Å². The maximum Gasteiger partial charge on any atom is 0.307 e. The van der Waals surface area contributed by atoms with Crippen molar-refractivity contribution in [3.8, 4) is 0 Å². The number of carbonyl (C=O) groups is 1. The summed E-state index contributed by atoms with van der Waals surface area (Å²) in [6, 6.07) is 0.316. The Labute approximate surface area is 119 Å². The molecule has 5 nitrogen and oxygen atoms in total. The molecule has 0 saturated heterocycles. The third kappa shape index (κ3) is 2.73. The lowest BCUT2D eigenvalue weighted by Crippen LogP contribution is -2.50. The third-order valence-corrected chi connectivity index (χ3v) is 5.12. The van der Waals surface area contributed by atoms with Crippen LogP contribution in [0, 0.1) is 24.2 Å². The van der Waals surface area contributed by atoms with Gasteiger partial charge in [-0.2, -0.15) is 0 Å². The first kappa shape index (κ1) is 15.0. The Morgan fingerprint density at radius 3 is 2.80 bits per heavy atom. The van der Waals surface area contributed by atoms with Crippen molar-refractivity contribution in [1.29, 1.82) is 0 Å². The Hall–Kier alpha value is -1.36. The number of hydrogen-bond donors (Lipinski definition) is 2. The first-order valence-corrected chi connectivity index (χ1v) is 7.19. The van der Waals surface area contributed by atoms with E-state index < -0.39 is 5.97 Å². The lowest BCUT2D eigenvalue weighted by Gasteiger charge is -2.46. The number of hydrogen-bond acceptors (Lipinski definition) is 4. The van der Waals surface area contributed by atoms with Crippen molar-refractivity contribution in [3.63, 3.8) is 0 Å². The lowest BCUT2D eigenvalue weighted by molar-refractivity contribution is -0.150. The molecule has 0 amide bonds. The first-order chi connectivity index (χ1) is 9.34. The Bertz CT molecular complexity index is 481. The fraction of sp³-hybridized carbons (Fsp3) is 0.733. The van der Waals surface area contributed by atoms with Gasteiger partial charge in [0.15, 0.2) is 6.39 Å². The van der Waals surface area contributed by atoms with Crippen LogP contribution in [0.1, 0.15) is 45.1 Å². The van der Waals surface area contributed by atoms with Crippen LogP contribution in [0.15, 0.2) is 10.8 Å². The zero-order chi connectivity index (χ0) is 14.9. The van der Waals surface area contributed by atoms with Crippen LogP contribution in [0.2, 0.25) is 0 Å². The van der Waals surface area contributed by atoms with Gasteiger partial charge in [-0.25, -0.2) is 4.98 Å². The van der Waals surface area contributed by atoms with Gasteiger partial charge >= 0.3 is 5.97 Å². The molecular formula is C15H24N2O3. The summed E-state index contributed by atoms with van der Waals surface area (Å²) in [4.78, 5) is 15.6. The second-order valence-electron chi connectivity index (χ2n) is 6.42. The highest BCUT2D eigenvalue weighted by atomic mass is 16.4. The molecule has 1 fully saturated rings. The van der Waals surface area contributed by atoms with Gasteiger partial charge in [-0.1, -0.05) is 20.8 Å². The molecule has 0 bridgehead atoms. The van der Waals surface area contributed by atoms with E-state index in [1.807, 2.05) is 6.92 Å². The second-order valence-corrected chi connectivity index (χ2v) is 6.42. The van der Waals surface area contributed by atoms with Crippen molar-refractivity contribution in [2.24, 2.45) is 17.3 Å². The molecule has 0 aliphatic heterocycles. The monoisotopic (exact) mass is 280 g/mol. The number of nitrogens with zero attached hydrogens (tertiary/aromatic N) is 1. The summed E-state index contributed by atoms with van der Waals surface area (Å²) in [5.41, 5.74) is 0.719. The normalized spacial score (nSPS) is 29.3. The van der Waals surface area contributed by atoms with Gasteiger partial charge in [0.2, 0.25) is 0 Å². The molecule has 1 aliphatic carbocycles. The fourth-order valence-electron chi connectivity index (χ4n) is 3.25. The van der Waals surface area contributed by atoms with Crippen molar-refractivity contribution in [1.82, 2.24) is 10.3 Å². The summed E-state index contributed by atoms with van der Waals surface area (Å²) in [5.74, 6) is 0.199. The number of carboxylic acid groups (broad SMARTS) is 1. The van der Waals surface area contributed by atoms with E-state index in [0.717, 1.165) is 24.3 Å². The Morgan fingerprint density at radius 1 is 1.55 bits per heavy atom. The highest BCUT2D eigenvalue weighted by molar-refractivity contribution is 5.71. The van der Waals surface area contributed by atoms with Crippen molar-refractivity contribution in [2.45, 2.75) is 53.1 Å². The van der Waals surface area contributed by atoms with Crippen LogP contribution < -0.4 is 5.32 Å². The van der Waals surface area contributed by atoms with Crippen molar-refractivity contribution in [2.75, 3.05) is 0 Å². The molecule has 1 aromatic rings. The molecule has 0 spiro atoms. The number of rotatable bonds is 4. The van der Waals surface area contributed by atoms with E-state index in [-0.39, 0.29) is 11.3 Å². The van der Waals surface area contributed by atoms with E-state index in [2.05, 4.69) is 31.1 Å². The number of oxazole rings is 1. The average molecular weight is 280 g/mol. The Kier molecular flexibility index (Phi) is 4.18. The van der Waals surface area contributed by atoms with E-state index in [4.69, 9.17) is 4.42 Å². The van der Waals surface area contributed by atoms with Crippen LogP contribution in [-0.2, 0) is 11.3 Å². The van der Waals surface area contributed by atoms with Gasteiger partial charge < -0.3 is 14.8 Å². The SMILES string of the molecule is Cc1ocnc1CNC1CCC(C(=O)O)C(C)(C)C1C. The first-order valence-electron chi connectivity index (χ1n) is 7.19. The molecule has 1 heterocycles. The number of carboxylic acids is 1. The summed E-state index contributed by atoms with van der Waals surface area (Å²) >= 11 is 0. The van der Waals surface area contributed by atoms with Crippen molar-refractivity contribution >= 4 is 5.97 Å². The zero-order valence-electron chi connectivity index (χ0n) is 12.6. The van der Waals surface area contributed by atoms with Gasteiger partial charge in [0, 0.05) is 12.6 Å². The number of nitrogens with one attached hydrogen (secondary N) is 1. The molecule has 20 heavy (non-hydrogen) atoms. The van der Waals surface area contributed by atoms with E-state index in [1.54, 1.807) is 0 Å². The lowest BCUT2D eigenvalue weighted by atomic mass is 9.61. The molecule has 1 aliphatic rings. The van der Waals surface area contributed by atoms with E-state index >= 15 is 0 Å². The Balaban J connectivity index is 2.01. The minimum atomic E-state index is -0.673. The van der Waals surface area contributed by atoms with Crippen LogP contribution in [0.3, 0.4) is 0 Å². The molecule has 2 N–H and O–H groups in total. The van der Waals surface area contributed by atoms with Crippen LogP contribution in [0.4, 0.5) is 0 Å². The predicted octanol–water partition coefficient (Wildman–Crippen LogP) is 2.60. The maximum absolute atomic E-state index is 11.4. The zero-order valence-corrected chi connectivity index (χ0v) is 12.6. The van der Waals surface area contributed by atoms with Crippen LogP contribution in [0.5, 0.6) is 0 Å². The van der Waals surface area contributed by atoms with Crippen LogP contribution in [0.25, 0.3) is 0 Å². The summed E-state index contributed by atoms with van der Waals surface area (Å²) in [6.07, 6.45) is 3.07. The number of aryl methyl sites for hydroxylation is 1. The molecule has 5 heteroatoms. The molecule has 112 valence electrons. The molecule has 2 rings (SSSR count). The van der Waals surface area contributed by atoms with Gasteiger partial charge in [-0.3, -0.25) is 4.79 Å². The smallest absolute Gasteiger partial charge is 0.307 e. The number of aromatic nitrogens is 1. The summed E-state index contributed by atoms with van der Waals surface area (Å²) in [7, 11) is 0. The maximum atomic E-state index is 11.4. The molecular weight excluding hydrogens is 256 g/mol. The quantitative estimate of drug-likeness (QED) is 0.886. The summed E-state index contributed by atoms with van der Waals surface area (Å²) in [5, 5.41) is 12.9. The van der Waals surface area contributed by atoms with Gasteiger partial charge in [0.1, 0.15) is 5.76 Å². The standard InChI is InChI=1S/C15H24N2O3/c1-9-12(16-7-13-10(2)20-8-17-13)6-5-11(14(18)19)15(9,3)4/h8-9,11-12,16H,5-7H2,1-4H3,(H,18,19). The highest BCUT2D eigenvalue weighted by Gasteiger charge is 2.46. The molecule has 3 atom stereocenters. The van der Waals surface area contributed by atoms with Gasteiger partial charge in [-0.15, -0.1) is 0 Å². The molecule has 0 aromatic carbocycles. The second kappa shape index (κ2) is 5.56. The van der Waals surface area contributed by atoms with E-state index in [0.29, 0.717) is 18.5 Å². The van der Waals surface area contributed by atoms with Crippen LogP contribution >= 0.6 is 0 Å². The predicted molar refractivity (Wildman–Crippen MR) is 75.2 cm³/mol. The largest absolute Gasteiger partial charge is 0.481 e. The minimum Gasteiger partial charge on any atom is -0.481 e. The average Bonchev–Trinajstić information content (AvgIpc) is 2.76. The molecule has 0 radical (unpaired) electrons. The minimum absolute atomic E-state index is 0.208. The molecule has 1 aromatic heterocycles. The van der Waals surface area contributed by atoms with Gasteiger partial charge in [-0.05, 0) is 31.1 Å². The van der Waals surface area contributed by atoms with Crippen molar-refractivity contribution < 1.29 is 14.3 Å². The van der Waals surface area contributed by atoms with Crippen molar-refractivity contribution in [3.05, 3.63) is 17.8 Å².